The fourth-order valence-corrected chi connectivity index (χ4v) is 2.85. The zero-order valence-electron chi connectivity index (χ0n) is 14.1. The lowest BCUT2D eigenvalue weighted by molar-refractivity contribution is -0.146. The van der Waals surface area contributed by atoms with Gasteiger partial charge in [-0.3, -0.25) is 4.79 Å². The van der Waals surface area contributed by atoms with Gasteiger partial charge >= 0.3 is 5.97 Å². The molecule has 1 aromatic rings. The normalized spacial score (nSPS) is 20.0. The molecule has 2 atom stereocenters. The van der Waals surface area contributed by atoms with E-state index in [1.807, 2.05) is 12.1 Å². The molecule has 5 nitrogen and oxygen atoms in total. The monoisotopic (exact) mass is 373 g/mol. The average molecular weight is 374 g/mol. The van der Waals surface area contributed by atoms with Gasteiger partial charge in [0.15, 0.2) is 5.60 Å². The predicted octanol–water partition coefficient (Wildman–Crippen LogP) is 3.18. The molecule has 0 aliphatic heterocycles. The first-order valence-electron chi connectivity index (χ1n) is 7.62. The Labute approximate surface area is 151 Å². The van der Waals surface area contributed by atoms with Crippen molar-refractivity contribution in [2.45, 2.75) is 49.1 Å². The SMILES string of the molecule is COC(=O)[C@H](C)NC(=O)C(C)(C)Oc1ccc([C@H]2CC2(Cl)Cl)cc1. The Kier molecular flexibility index (Phi) is 5.35. The molecule has 0 spiro atoms. The number of amides is 1. The lowest BCUT2D eigenvalue weighted by Gasteiger charge is -2.26. The summed E-state index contributed by atoms with van der Waals surface area (Å²) in [5.74, 6) is -0.252. The van der Waals surface area contributed by atoms with Gasteiger partial charge < -0.3 is 14.8 Å². The molecule has 1 aromatic carbocycles. The minimum atomic E-state index is -1.15. The van der Waals surface area contributed by atoms with E-state index < -0.39 is 27.9 Å². The zero-order valence-corrected chi connectivity index (χ0v) is 15.6. The van der Waals surface area contributed by atoms with Crippen LogP contribution >= 0.6 is 23.2 Å². The van der Waals surface area contributed by atoms with Crippen LogP contribution in [0.1, 0.15) is 38.7 Å². The zero-order chi connectivity index (χ0) is 18.1. The molecule has 1 aliphatic rings. The molecule has 0 heterocycles. The average Bonchev–Trinajstić information content (AvgIpc) is 3.15. The van der Waals surface area contributed by atoms with Crippen molar-refractivity contribution in [2.75, 3.05) is 7.11 Å². The van der Waals surface area contributed by atoms with E-state index in [4.69, 9.17) is 27.9 Å². The number of alkyl halides is 2. The van der Waals surface area contributed by atoms with Crippen molar-refractivity contribution in [3.8, 4) is 5.75 Å². The molecule has 0 bridgehead atoms. The lowest BCUT2D eigenvalue weighted by Crippen LogP contribution is -2.51. The number of esters is 1. The number of nitrogens with one attached hydrogen (secondary N) is 1. The van der Waals surface area contributed by atoms with Crippen LogP contribution in [0.4, 0.5) is 0 Å². The maximum Gasteiger partial charge on any atom is 0.328 e. The number of carbonyl (C=O) groups is 2. The number of halogens is 2. The minimum absolute atomic E-state index is 0.132. The largest absolute Gasteiger partial charge is 0.478 e. The molecule has 1 fully saturated rings. The number of benzene rings is 1. The lowest BCUT2D eigenvalue weighted by atomic mass is 10.1. The van der Waals surface area contributed by atoms with Gasteiger partial charge in [-0.1, -0.05) is 12.1 Å². The fourth-order valence-electron chi connectivity index (χ4n) is 2.29. The van der Waals surface area contributed by atoms with E-state index in [-0.39, 0.29) is 5.92 Å². The van der Waals surface area contributed by atoms with Crippen LogP contribution in [0.25, 0.3) is 0 Å². The van der Waals surface area contributed by atoms with E-state index in [1.165, 1.54) is 7.11 Å². The van der Waals surface area contributed by atoms with Crippen molar-refractivity contribution in [1.82, 2.24) is 5.32 Å². The first kappa shape index (κ1) is 18.9. The Hall–Kier alpha value is -1.46. The number of methoxy groups -OCH3 is 1. The van der Waals surface area contributed by atoms with Crippen LogP contribution in [0.3, 0.4) is 0 Å². The van der Waals surface area contributed by atoms with Gasteiger partial charge in [0.05, 0.1) is 7.11 Å². The van der Waals surface area contributed by atoms with E-state index in [2.05, 4.69) is 10.1 Å². The quantitative estimate of drug-likeness (QED) is 0.614. The maximum absolute atomic E-state index is 12.3. The smallest absolute Gasteiger partial charge is 0.328 e. The summed E-state index contributed by atoms with van der Waals surface area (Å²) in [5, 5.41) is 2.57. The first-order chi connectivity index (χ1) is 11.1. The molecule has 132 valence electrons. The third kappa shape index (κ3) is 4.33. The van der Waals surface area contributed by atoms with E-state index in [0.29, 0.717) is 5.75 Å². The second kappa shape index (κ2) is 6.81. The highest BCUT2D eigenvalue weighted by atomic mass is 35.5. The van der Waals surface area contributed by atoms with Crippen LogP contribution in [-0.2, 0) is 14.3 Å². The third-order valence-electron chi connectivity index (χ3n) is 3.93. The van der Waals surface area contributed by atoms with Crippen molar-refractivity contribution < 1.29 is 19.1 Å². The number of rotatable bonds is 6. The van der Waals surface area contributed by atoms with Gasteiger partial charge in [0.2, 0.25) is 0 Å². The van der Waals surface area contributed by atoms with Gasteiger partial charge in [-0.05, 0) is 44.9 Å². The summed E-state index contributed by atoms with van der Waals surface area (Å²) in [7, 11) is 1.27. The highest BCUT2D eigenvalue weighted by Gasteiger charge is 2.52. The van der Waals surface area contributed by atoms with Crippen LogP contribution in [0.5, 0.6) is 5.75 Å². The second-order valence-corrected chi connectivity index (χ2v) is 7.96. The van der Waals surface area contributed by atoms with Gasteiger partial charge in [0.1, 0.15) is 16.1 Å². The van der Waals surface area contributed by atoms with Gasteiger partial charge in [0, 0.05) is 5.92 Å². The van der Waals surface area contributed by atoms with E-state index >= 15 is 0 Å². The summed E-state index contributed by atoms with van der Waals surface area (Å²) in [6.45, 7) is 4.81. The molecule has 0 aromatic heterocycles. The van der Waals surface area contributed by atoms with E-state index in [0.717, 1.165) is 12.0 Å². The number of hydrogen-bond donors (Lipinski definition) is 1. The Balaban J connectivity index is 1.98. The first-order valence-corrected chi connectivity index (χ1v) is 8.38. The summed E-state index contributed by atoms with van der Waals surface area (Å²) in [4.78, 5) is 23.7. The number of ether oxygens (including phenoxy) is 2. The van der Waals surface area contributed by atoms with Gasteiger partial charge in [0.25, 0.3) is 5.91 Å². The highest BCUT2D eigenvalue weighted by Crippen LogP contribution is 2.59. The Morgan fingerprint density at radius 2 is 1.83 bits per heavy atom. The minimum Gasteiger partial charge on any atom is -0.478 e. The van der Waals surface area contributed by atoms with Crippen molar-refractivity contribution >= 4 is 35.1 Å². The summed E-state index contributed by atoms with van der Waals surface area (Å²) in [5.41, 5.74) is -0.111. The Morgan fingerprint density at radius 1 is 1.29 bits per heavy atom. The Bertz CT molecular complexity index is 628. The third-order valence-corrected chi connectivity index (χ3v) is 4.77. The van der Waals surface area contributed by atoms with Crippen LogP contribution in [0, 0.1) is 0 Å². The number of carbonyl (C=O) groups excluding carboxylic acids is 2. The topological polar surface area (TPSA) is 64.6 Å². The van der Waals surface area contributed by atoms with Crippen LogP contribution < -0.4 is 10.1 Å². The summed E-state index contributed by atoms with van der Waals surface area (Å²) < 4.78 is 9.67. The summed E-state index contributed by atoms with van der Waals surface area (Å²) in [6.07, 6.45) is 0.732. The highest BCUT2D eigenvalue weighted by molar-refractivity contribution is 6.51. The standard InChI is InChI=1S/C17H21Cl2NO4/c1-10(14(21)23-4)20-15(22)16(2,3)24-12-7-5-11(6-8-12)13-9-17(13,18)19/h5-8,10,13H,9H2,1-4H3,(H,20,22)/t10-,13+/m0/s1. The van der Waals surface area contributed by atoms with Crippen molar-refractivity contribution in [3.63, 3.8) is 0 Å². The molecule has 1 saturated carbocycles. The summed E-state index contributed by atoms with van der Waals surface area (Å²) in [6, 6.07) is 6.57. The molecule has 24 heavy (non-hydrogen) atoms. The van der Waals surface area contributed by atoms with Crippen LogP contribution in [0.15, 0.2) is 24.3 Å². The van der Waals surface area contributed by atoms with Crippen LogP contribution in [-0.4, -0.2) is 35.0 Å². The van der Waals surface area contributed by atoms with Crippen LogP contribution in [0.2, 0.25) is 0 Å². The molecule has 1 N–H and O–H groups in total. The molecule has 1 amide bonds. The fraction of sp³-hybridized carbons (Fsp3) is 0.529. The number of hydrogen-bond acceptors (Lipinski definition) is 4. The molecule has 1 aliphatic carbocycles. The maximum atomic E-state index is 12.3. The predicted molar refractivity (Wildman–Crippen MR) is 92.6 cm³/mol. The van der Waals surface area contributed by atoms with Crippen molar-refractivity contribution in [1.29, 1.82) is 0 Å². The molecule has 7 heteroatoms. The molecular formula is C17H21Cl2NO4. The molecule has 0 unspecified atom stereocenters. The van der Waals surface area contributed by atoms with E-state index in [9.17, 15) is 9.59 Å². The van der Waals surface area contributed by atoms with Gasteiger partial charge in [-0.15, -0.1) is 23.2 Å². The molecular weight excluding hydrogens is 353 g/mol. The summed E-state index contributed by atoms with van der Waals surface area (Å²) >= 11 is 12.1. The molecule has 2 rings (SSSR count). The molecule has 0 radical (unpaired) electrons. The van der Waals surface area contributed by atoms with Crippen molar-refractivity contribution in [3.05, 3.63) is 29.8 Å². The Morgan fingerprint density at radius 3 is 2.29 bits per heavy atom. The second-order valence-electron chi connectivity index (χ2n) is 6.42. The van der Waals surface area contributed by atoms with Crippen molar-refractivity contribution in [2.24, 2.45) is 0 Å². The van der Waals surface area contributed by atoms with Gasteiger partial charge in [-0.2, -0.15) is 0 Å². The van der Waals surface area contributed by atoms with Gasteiger partial charge in [-0.25, -0.2) is 4.79 Å². The van der Waals surface area contributed by atoms with E-state index in [1.54, 1.807) is 32.9 Å². The molecule has 0 saturated heterocycles.